The molecule has 4 aromatic rings. The van der Waals surface area contributed by atoms with Crippen molar-refractivity contribution in [2.45, 2.75) is 27.7 Å². The van der Waals surface area contributed by atoms with E-state index in [0.29, 0.717) is 21.5 Å². The molecule has 3 heterocycles. The van der Waals surface area contributed by atoms with Crippen molar-refractivity contribution in [1.82, 2.24) is 19.9 Å². The number of aryl methyl sites for hydroxylation is 4. The van der Waals surface area contributed by atoms with Gasteiger partial charge in [0.2, 0.25) is 11.9 Å². The first-order valence-corrected chi connectivity index (χ1v) is 14.4. The van der Waals surface area contributed by atoms with Crippen molar-refractivity contribution in [2.75, 3.05) is 41.8 Å². The van der Waals surface area contributed by atoms with E-state index in [0.717, 1.165) is 48.0 Å². The summed E-state index contributed by atoms with van der Waals surface area (Å²) in [5.74, 6) is 2.00. The van der Waals surface area contributed by atoms with E-state index in [4.69, 9.17) is 16.3 Å². The third-order valence-corrected chi connectivity index (χ3v) is 7.35. The van der Waals surface area contributed by atoms with Crippen LogP contribution in [0.3, 0.4) is 0 Å². The lowest BCUT2D eigenvalue weighted by Gasteiger charge is -2.28. The minimum atomic E-state index is 0.395. The van der Waals surface area contributed by atoms with Gasteiger partial charge in [-0.05, 0) is 106 Å². The van der Waals surface area contributed by atoms with Gasteiger partial charge >= 0.3 is 0 Å². The van der Waals surface area contributed by atoms with Crippen LogP contribution in [0.1, 0.15) is 22.3 Å². The molecule has 1 fully saturated rings. The molecule has 0 atom stereocenters. The van der Waals surface area contributed by atoms with Crippen molar-refractivity contribution in [1.29, 1.82) is 0 Å². The first kappa shape index (κ1) is 29.2. The fourth-order valence-corrected chi connectivity index (χ4v) is 4.94. The average molecular weight is 676 g/mol. The van der Waals surface area contributed by atoms with Crippen molar-refractivity contribution >= 4 is 72.6 Å². The lowest BCUT2D eigenvalue weighted by atomic mass is 10.1. The molecule has 5 rings (SSSR count). The van der Waals surface area contributed by atoms with Gasteiger partial charge < -0.3 is 20.3 Å². The summed E-state index contributed by atoms with van der Waals surface area (Å²) < 4.78 is 6.99. The maximum atomic E-state index is 5.90. The van der Waals surface area contributed by atoms with Crippen LogP contribution in [0, 0.1) is 27.7 Å². The maximum Gasteiger partial charge on any atom is 0.229 e. The van der Waals surface area contributed by atoms with Crippen molar-refractivity contribution < 1.29 is 4.74 Å². The van der Waals surface area contributed by atoms with E-state index in [9.17, 15) is 0 Å². The van der Waals surface area contributed by atoms with Crippen molar-refractivity contribution in [3.05, 3.63) is 85.1 Å². The Morgan fingerprint density at radius 2 is 1.18 bits per heavy atom. The second-order valence-corrected chi connectivity index (χ2v) is 11.4. The zero-order valence-electron chi connectivity index (χ0n) is 22.2. The Bertz CT molecular complexity index is 1410. The van der Waals surface area contributed by atoms with Gasteiger partial charge in [-0.3, -0.25) is 0 Å². The van der Waals surface area contributed by atoms with Gasteiger partial charge in [-0.1, -0.05) is 23.7 Å². The second kappa shape index (κ2) is 13.5. The highest BCUT2D eigenvalue weighted by atomic mass is 79.9. The average Bonchev–Trinajstić information content (AvgIpc) is 2.87. The molecular weight excluding hydrogens is 646 g/mol. The molecule has 11 heteroatoms. The lowest BCUT2D eigenvalue weighted by molar-refractivity contribution is 0.122. The standard InChI is InChI=1S/C16H19BrN4O.C12H11BrClN3/c1-11-7-12(2)9-13(8-11)19-16-18-10-14(17)15(20-16)21-3-5-22-6-4-21;1-7-3-8(2)5-9(4-7)16-12-15-6-10(13)11(14)17-12/h7-10H,3-6H2,1-2H3,(H,18,19,20);3-6H,1-2H3,(H,15,16,17). The summed E-state index contributed by atoms with van der Waals surface area (Å²) in [4.78, 5) is 19.5. The lowest BCUT2D eigenvalue weighted by Crippen LogP contribution is -2.37. The van der Waals surface area contributed by atoms with Gasteiger partial charge in [0, 0.05) is 36.9 Å². The van der Waals surface area contributed by atoms with Gasteiger partial charge in [0.25, 0.3) is 0 Å². The van der Waals surface area contributed by atoms with E-state index in [-0.39, 0.29) is 0 Å². The Morgan fingerprint density at radius 1 is 0.718 bits per heavy atom. The van der Waals surface area contributed by atoms with Gasteiger partial charge in [-0.25, -0.2) is 9.97 Å². The Morgan fingerprint density at radius 3 is 1.67 bits per heavy atom. The molecule has 0 unspecified atom stereocenters. The largest absolute Gasteiger partial charge is 0.378 e. The van der Waals surface area contributed by atoms with E-state index < -0.39 is 0 Å². The minimum Gasteiger partial charge on any atom is -0.378 e. The van der Waals surface area contributed by atoms with Crippen LogP contribution in [0.2, 0.25) is 5.15 Å². The number of benzene rings is 2. The van der Waals surface area contributed by atoms with Crippen LogP contribution >= 0.6 is 43.5 Å². The number of halogens is 3. The predicted octanol–water partition coefficient (Wildman–Crippen LogP) is 7.69. The molecule has 0 saturated carbocycles. The van der Waals surface area contributed by atoms with Gasteiger partial charge in [-0.15, -0.1) is 0 Å². The summed E-state index contributed by atoms with van der Waals surface area (Å²) in [5.41, 5.74) is 6.78. The molecule has 1 aliphatic rings. The zero-order chi connectivity index (χ0) is 27.9. The second-order valence-electron chi connectivity index (χ2n) is 9.30. The normalized spacial score (nSPS) is 12.9. The number of rotatable bonds is 5. The van der Waals surface area contributed by atoms with Crippen molar-refractivity contribution in [3.8, 4) is 0 Å². The van der Waals surface area contributed by atoms with Crippen molar-refractivity contribution in [3.63, 3.8) is 0 Å². The first-order chi connectivity index (χ1) is 18.7. The molecule has 2 N–H and O–H groups in total. The minimum absolute atomic E-state index is 0.395. The van der Waals surface area contributed by atoms with E-state index in [1.54, 1.807) is 12.4 Å². The van der Waals surface area contributed by atoms with Crippen LogP contribution in [-0.4, -0.2) is 46.2 Å². The summed E-state index contributed by atoms with van der Waals surface area (Å²) >= 11 is 12.7. The van der Waals surface area contributed by atoms with Crippen LogP contribution in [-0.2, 0) is 4.74 Å². The van der Waals surface area contributed by atoms with Crippen LogP contribution in [0.5, 0.6) is 0 Å². The zero-order valence-corrected chi connectivity index (χ0v) is 26.2. The van der Waals surface area contributed by atoms with Gasteiger partial charge in [0.1, 0.15) is 11.0 Å². The summed E-state index contributed by atoms with van der Waals surface area (Å²) in [5, 5.41) is 6.81. The molecule has 1 aliphatic heterocycles. The Balaban J connectivity index is 0.000000187. The molecule has 2 aromatic heterocycles. The van der Waals surface area contributed by atoms with E-state index in [2.05, 4.69) is 105 Å². The van der Waals surface area contributed by atoms with Gasteiger partial charge in [-0.2, -0.15) is 9.97 Å². The quantitative estimate of drug-likeness (QED) is 0.208. The van der Waals surface area contributed by atoms with Gasteiger partial charge in [0.15, 0.2) is 0 Å². The number of nitrogens with zero attached hydrogens (tertiary/aromatic N) is 5. The Kier molecular flexibility index (Phi) is 10.1. The monoisotopic (exact) mass is 673 g/mol. The first-order valence-electron chi connectivity index (χ1n) is 12.4. The van der Waals surface area contributed by atoms with Crippen LogP contribution in [0.15, 0.2) is 57.7 Å². The summed E-state index contributed by atoms with van der Waals surface area (Å²) in [6.45, 7) is 11.4. The highest BCUT2D eigenvalue weighted by Crippen LogP contribution is 2.27. The van der Waals surface area contributed by atoms with Crippen LogP contribution in [0.25, 0.3) is 0 Å². The van der Waals surface area contributed by atoms with E-state index in [1.165, 1.54) is 22.3 Å². The maximum absolute atomic E-state index is 5.90. The summed E-state index contributed by atoms with van der Waals surface area (Å²) in [7, 11) is 0. The molecule has 39 heavy (non-hydrogen) atoms. The number of hydrogen-bond donors (Lipinski definition) is 2. The number of nitrogens with one attached hydrogen (secondary N) is 2. The predicted molar refractivity (Wildman–Crippen MR) is 166 cm³/mol. The van der Waals surface area contributed by atoms with Crippen LogP contribution < -0.4 is 15.5 Å². The summed E-state index contributed by atoms with van der Waals surface area (Å²) in [6, 6.07) is 12.5. The molecule has 0 radical (unpaired) electrons. The molecular formula is C28H30Br2ClN7O. The number of morpholine rings is 1. The fourth-order valence-electron chi connectivity index (χ4n) is 4.17. The molecule has 0 amide bonds. The smallest absolute Gasteiger partial charge is 0.229 e. The number of aromatic nitrogens is 4. The highest BCUT2D eigenvalue weighted by Gasteiger charge is 2.16. The molecule has 2 aromatic carbocycles. The Labute approximate surface area is 250 Å². The number of ether oxygens (including phenoxy) is 1. The molecule has 8 nitrogen and oxygen atoms in total. The van der Waals surface area contributed by atoms with E-state index in [1.807, 2.05) is 26.0 Å². The fraction of sp³-hybridized carbons (Fsp3) is 0.286. The third-order valence-electron chi connectivity index (χ3n) is 5.69. The van der Waals surface area contributed by atoms with Crippen LogP contribution in [0.4, 0.5) is 29.1 Å². The van der Waals surface area contributed by atoms with Gasteiger partial charge in [0.05, 0.1) is 22.2 Å². The number of anilines is 5. The van der Waals surface area contributed by atoms with Crippen molar-refractivity contribution in [2.24, 2.45) is 0 Å². The highest BCUT2D eigenvalue weighted by molar-refractivity contribution is 9.11. The molecule has 1 saturated heterocycles. The summed E-state index contributed by atoms with van der Waals surface area (Å²) in [6.07, 6.45) is 3.42. The number of hydrogen-bond acceptors (Lipinski definition) is 8. The molecule has 0 spiro atoms. The van der Waals surface area contributed by atoms with E-state index >= 15 is 0 Å². The SMILES string of the molecule is Cc1cc(C)cc(Nc2ncc(Br)c(Cl)n2)c1.Cc1cc(C)cc(Nc2ncc(Br)c(N3CCOCC3)n2)c1. The topological polar surface area (TPSA) is 88.1 Å². The molecule has 0 bridgehead atoms. The third kappa shape index (κ3) is 8.60. The molecule has 0 aliphatic carbocycles. The Hall–Kier alpha value is -2.79. The molecule has 204 valence electrons.